The van der Waals surface area contributed by atoms with Gasteiger partial charge in [-0.2, -0.15) is 4.99 Å². The molecule has 30 heavy (non-hydrogen) atoms. The van der Waals surface area contributed by atoms with E-state index in [1.165, 1.54) is 29.9 Å². The number of sulfonamides is 1. The summed E-state index contributed by atoms with van der Waals surface area (Å²) in [6.45, 7) is 1.70. The summed E-state index contributed by atoms with van der Waals surface area (Å²) in [6, 6.07) is 10.7. The number of thiazole rings is 1. The van der Waals surface area contributed by atoms with Gasteiger partial charge in [-0.1, -0.05) is 17.4 Å². The lowest BCUT2D eigenvalue weighted by Crippen LogP contribution is -2.23. The van der Waals surface area contributed by atoms with Crippen molar-refractivity contribution < 1.29 is 27.5 Å². The minimum absolute atomic E-state index is 0.0785. The number of fused-ring (bicyclic) bond motifs is 1. The molecular formula is C19H19N3O6S2. The molecule has 0 unspecified atom stereocenters. The minimum atomic E-state index is -3.91. The van der Waals surface area contributed by atoms with Crippen molar-refractivity contribution in [3.05, 3.63) is 52.8 Å². The maximum absolute atomic E-state index is 12.7. The van der Waals surface area contributed by atoms with E-state index in [1.807, 2.05) is 0 Å². The standard InChI is InChI=1S/C19H19N3O6S2/c1-3-28-17(23)11-22-15-8-7-14(30(20,25)26)10-16(15)29-19(22)21-18(24)12-5-4-6-13(9-12)27-2/h4-10H,3,11H2,1-2H3,(H2,20,25,26). The van der Waals surface area contributed by atoms with E-state index < -0.39 is 21.9 Å². The molecule has 1 aromatic heterocycles. The zero-order valence-corrected chi connectivity index (χ0v) is 17.8. The highest BCUT2D eigenvalue weighted by Gasteiger charge is 2.16. The highest BCUT2D eigenvalue weighted by molar-refractivity contribution is 7.89. The summed E-state index contributed by atoms with van der Waals surface area (Å²) < 4.78 is 35.5. The quantitative estimate of drug-likeness (QED) is 0.570. The molecule has 0 aliphatic carbocycles. The monoisotopic (exact) mass is 449 g/mol. The number of nitrogens with zero attached hydrogens (tertiary/aromatic N) is 2. The molecule has 3 aromatic rings. The Hall–Kier alpha value is -3.02. The summed E-state index contributed by atoms with van der Waals surface area (Å²) in [4.78, 5) is 29.0. The van der Waals surface area contributed by atoms with Gasteiger partial charge in [0.25, 0.3) is 5.91 Å². The number of nitrogens with two attached hydrogens (primary N) is 1. The second-order valence-corrected chi connectivity index (χ2v) is 8.67. The molecule has 0 saturated carbocycles. The molecule has 0 spiro atoms. The van der Waals surface area contributed by atoms with E-state index in [2.05, 4.69) is 4.99 Å². The molecule has 1 amide bonds. The Bertz CT molecular complexity index is 1290. The van der Waals surface area contributed by atoms with Gasteiger partial charge in [0.1, 0.15) is 12.3 Å². The number of carbonyl (C=O) groups is 2. The molecule has 2 N–H and O–H groups in total. The normalized spacial score (nSPS) is 12.2. The third-order valence-corrected chi connectivity index (χ3v) is 6.04. The molecule has 9 nitrogen and oxygen atoms in total. The zero-order chi connectivity index (χ0) is 21.9. The van der Waals surface area contributed by atoms with E-state index in [1.54, 1.807) is 31.2 Å². The average Bonchev–Trinajstić information content (AvgIpc) is 3.03. The molecule has 2 aromatic carbocycles. The number of carbonyl (C=O) groups excluding carboxylic acids is 2. The molecule has 1 heterocycles. The molecule has 0 fully saturated rings. The minimum Gasteiger partial charge on any atom is -0.497 e. The number of esters is 1. The molecule has 11 heteroatoms. The third kappa shape index (κ3) is 4.75. The molecule has 0 saturated heterocycles. The molecule has 3 rings (SSSR count). The molecular weight excluding hydrogens is 430 g/mol. The molecule has 0 bridgehead atoms. The van der Waals surface area contributed by atoms with Gasteiger partial charge < -0.3 is 14.0 Å². The lowest BCUT2D eigenvalue weighted by molar-refractivity contribution is -0.143. The summed E-state index contributed by atoms with van der Waals surface area (Å²) in [5.74, 6) is -0.544. The van der Waals surface area contributed by atoms with E-state index in [-0.39, 0.29) is 22.8 Å². The highest BCUT2D eigenvalue weighted by Crippen LogP contribution is 2.22. The van der Waals surface area contributed by atoms with Crippen molar-refractivity contribution in [3.8, 4) is 5.75 Å². The Balaban J connectivity index is 2.16. The number of hydrogen-bond donors (Lipinski definition) is 1. The van der Waals surface area contributed by atoms with Gasteiger partial charge in [0, 0.05) is 5.56 Å². The number of primary sulfonamides is 1. The van der Waals surface area contributed by atoms with Gasteiger partial charge in [-0.05, 0) is 43.3 Å². The second kappa shape index (κ2) is 8.78. The summed E-state index contributed by atoms with van der Waals surface area (Å²) in [5.41, 5.74) is 0.831. The van der Waals surface area contributed by atoms with Crippen LogP contribution in [0.1, 0.15) is 17.3 Å². The van der Waals surface area contributed by atoms with E-state index in [0.29, 0.717) is 21.5 Å². The van der Waals surface area contributed by atoms with Gasteiger partial charge in [0.15, 0.2) is 4.80 Å². The van der Waals surface area contributed by atoms with Crippen LogP contribution < -0.4 is 14.7 Å². The van der Waals surface area contributed by atoms with Gasteiger partial charge in [-0.25, -0.2) is 13.6 Å². The van der Waals surface area contributed by atoms with Crippen LogP contribution in [0.5, 0.6) is 5.75 Å². The molecule has 158 valence electrons. The number of amides is 1. The fraction of sp³-hybridized carbons (Fsp3) is 0.211. The number of methoxy groups -OCH3 is 1. The van der Waals surface area contributed by atoms with Crippen molar-refractivity contribution in [2.45, 2.75) is 18.4 Å². The van der Waals surface area contributed by atoms with Crippen molar-refractivity contribution in [1.82, 2.24) is 4.57 Å². The second-order valence-electron chi connectivity index (χ2n) is 6.10. The first-order valence-corrected chi connectivity index (χ1v) is 11.1. The zero-order valence-electron chi connectivity index (χ0n) is 16.2. The Morgan fingerprint density at radius 2 is 1.97 bits per heavy atom. The van der Waals surface area contributed by atoms with Gasteiger partial charge in [-0.15, -0.1) is 0 Å². The van der Waals surface area contributed by atoms with Crippen molar-refractivity contribution in [2.75, 3.05) is 13.7 Å². The molecule has 0 aliphatic rings. The molecule has 0 radical (unpaired) electrons. The SMILES string of the molecule is CCOC(=O)Cn1c(=NC(=O)c2cccc(OC)c2)sc2cc(S(N)(=O)=O)ccc21. The maximum Gasteiger partial charge on any atom is 0.326 e. The number of hydrogen-bond acceptors (Lipinski definition) is 7. The van der Waals surface area contributed by atoms with Crippen LogP contribution in [0, 0.1) is 0 Å². The van der Waals surface area contributed by atoms with Crippen molar-refractivity contribution >= 4 is 43.5 Å². The van der Waals surface area contributed by atoms with E-state index in [0.717, 1.165) is 11.3 Å². The first-order valence-electron chi connectivity index (χ1n) is 8.78. The fourth-order valence-electron chi connectivity index (χ4n) is 2.71. The Morgan fingerprint density at radius 1 is 1.20 bits per heavy atom. The summed E-state index contributed by atoms with van der Waals surface area (Å²) >= 11 is 1.06. The van der Waals surface area contributed by atoms with Crippen LogP contribution in [-0.2, 0) is 26.1 Å². The van der Waals surface area contributed by atoms with E-state index >= 15 is 0 Å². The van der Waals surface area contributed by atoms with Crippen molar-refractivity contribution in [3.63, 3.8) is 0 Å². The van der Waals surface area contributed by atoms with Crippen molar-refractivity contribution in [2.24, 2.45) is 10.1 Å². The Kier molecular flexibility index (Phi) is 6.34. The van der Waals surface area contributed by atoms with Crippen molar-refractivity contribution in [1.29, 1.82) is 0 Å². The highest BCUT2D eigenvalue weighted by atomic mass is 32.2. The Morgan fingerprint density at radius 3 is 2.63 bits per heavy atom. The Labute approximate surface area is 176 Å². The lowest BCUT2D eigenvalue weighted by Gasteiger charge is -2.06. The van der Waals surface area contributed by atoms with Gasteiger partial charge in [0.2, 0.25) is 10.0 Å². The first kappa shape index (κ1) is 21.7. The topological polar surface area (TPSA) is 130 Å². The number of ether oxygens (including phenoxy) is 2. The smallest absolute Gasteiger partial charge is 0.326 e. The van der Waals surface area contributed by atoms with Crippen LogP contribution in [0.2, 0.25) is 0 Å². The number of aromatic nitrogens is 1. The van der Waals surface area contributed by atoms with Gasteiger partial charge >= 0.3 is 5.97 Å². The van der Waals surface area contributed by atoms with Crippen LogP contribution in [0.3, 0.4) is 0 Å². The van der Waals surface area contributed by atoms with Gasteiger partial charge in [0.05, 0.1) is 28.8 Å². The molecule has 0 atom stereocenters. The number of rotatable bonds is 6. The summed E-state index contributed by atoms with van der Waals surface area (Å²) in [5, 5.41) is 5.20. The first-order chi connectivity index (χ1) is 14.2. The summed E-state index contributed by atoms with van der Waals surface area (Å²) in [6.07, 6.45) is 0. The predicted octanol–water partition coefficient (Wildman–Crippen LogP) is 1.66. The van der Waals surface area contributed by atoms with Crippen LogP contribution in [-0.4, -0.2) is 38.6 Å². The maximum atomic E-state index is 12.7. The average molecular weight is 450 g/mol. The van der Waals surface area contributed by atoms with E-state index in [4.69, 9.17) is 14.6 Å². The van der Waals surface area contributed by atoms with Crippen LogP contribution in [0.15, 0.2) is 52.4 Å². The van der Waals surface area contributed by atoms with Crippen LogP contribution in [0.25, 0.3) is 10.2 Å². The van der Waals surface area contributed by atoms with Gasteiger partial charge in [-0.3, -0.25) is 9.59 Å². The lowest BCUT2D eigenvalue weighted by atomic mass is 10.2. The third-order valence-electron chi connectivity index (χ3n) is 4.09. The van der Waals surface area contributed by atoms with Crippen LogP contribution in [0.4, 0.5) is 0 Å². The molecule has 0 aliphatic heterocycles. The predicted molar refractivity (Wildman–Crippen MR) is 111 cm³/mol. The largest absolute Gasteiger partial charge is 0.497 e. The van der Waals surface area contributed by atoms with Crippen LogP contribution >= 0.6 is 11.3 Å². The fourth-order valence-corrected chi connectivity index (χ4v) is 4.39. The summed E-state index contributed by atoms with van der Waals surface area (Å²) in [7, 11) is -2.42. The van der Waals surface area contributed by atoms with E-state index in [9.17, 15) is 18.0 Å². The number of benzene rings is 2.